The molecule has 0 radical (unpaired) electrons. The van der Waals surface area contributed by atoms with Crippen LogP contribution in [0, 0.1) is 11.3 Å². The molecule has 0 aromatic heterocycles. The van der Waals surface area contributed by atoms with E-state index in [1.54, 1.807) is 6.08 Å². The normalized spacial score (nSPS) is 36.4. The summed E-state index contributed by atoms with van der Waals surface area (Å²) in [7, 11) is 0. The molecule has 1 aromatic rings. The number of aryl methyl sites for hydroxylation is 1. The molecule has 4 atom stereocenters. The molecule has 120 valence electrons. The van der Waals surface area contributed by atoms with E-state index in [1.165, 1.54) is 11.1 Å². The lowest BCUT2D eigenvalue weighted by molar-refractivity contribution is -0.150. The maximum Gasteiger partial charge on any atom is 0.311 e. The van der Waals surface area contributed by atoms with Crippen LogP contribution in [0.2, 0.25) is 0 Å². The van der Waals surface area contributed by atoms with E-state index in [0.717, 1.165) is 12.0 Å². The zero-order valence-corrected chi connectivity index (χ0v) is 14.1. The van der Waals surface area contributed by atoms with Crippen molar-refractivity contribution in [3.05, 3.63) is 47.0 Å². The average Bonchev–Trinajstić information content (AvgIpc) is 2.83. The second-order valence-corrected chi connectivity index (χ2v) is 7.78. The fourth-order valence-corrected chi connectivity index (χ4v) is 4.81. The smallest absolute Gasteiger partial charge is 0.311 e. The van der Waals surface area contributed by atoms with Gasteiger partial charge in [-0.3, -0.25) is 9.59 Å². The van der Waals surface area contributed by atoms with E-state index in [2.05, 4.69) is 45.9 Å². The first-order valence-electron chi connectivity index (χ1n) is 8.38. The van der Waals surface area contributed by atoms with Gasteiger partial charge in [0.2, 0.25) is 0 Å². The van der Waals surface area contributed by atoms with Crippen molar-refractivity contribution in [2.75, 3.05) is 0 Å². The fraction of sp³-hybridized carbons (Fsp3) is 0.500. The molecule has 3 aliphatic rings. The van der Waals surface area contributed by atoms with Crippen molar-refractivity contribution in [1.29, 1.82) is 0 Å². The van der Waals surface area contributed by atoms with Crippen molar-refractivity contribution in [3.8, 4) is 0 Å². The number of hydrogen-bond donors (Lipinski definition) is 0. The second kappa shape index (κ2) is 4.34. The van der Waals surface area contributed by atoms with Gasteiger partial charge in [-0.2, -0.15) is 0 Å². The number of ketones is 1. The molecule has 1 heterocycles. The molecule has 1 aromatic carbocycles. The summed E-state index contributed by atoms with van der Waals surface area (Å²) in [6, 6.07) is 6.53. The van der Waals surface area contributed by atoms with Gasteiger partial charge in [-0.1, -0.05) is 52.0 Å². The molecular weight excluding hydrogens is 288 g/mol. The van der Waals surface area contributed by atoms with Gasteiger partial charge in [0, 0.05) is 11.3 Å². The lowest BCUT2D eigenvalue weighted by atomic mass is 9.49. The molecule has 1 unspecified atom stereocenters. The number of benzene rings is 1. The Bertz CT molecular complexity index is 758. The molecule has 3 heteroatoms. The van der Waals surface area contributed by atoms with Gasteiger partial charge >= 0.3 is 5.97 Å². The number of esters is 1. The van der Waals surface area contributed by atoms with Crippen LogP contribution in [0.15, 0.2) is 30.4 Å². The van der Waals surface area contributed by atoms with Crippen molar-refractivity contribution < 1.29 is 14.3 Å². The number of allylic oxidation sites excluding steroid dienone is 1. The third-order valence-electron chi connectivity index (χ3n) is 6.61. The van der Waals surface area contributed by atoms with E-state index < -0.39 is 11.5 Å². The Morgan fingerprint density at radius 2 is 1.91 bits per heavy atom. The highest BCUT2D eigenvalue weighted by atomic mass is 16.6. The summed E-state index contributed by atoms with van der Waals surface area (Å²) in [5.41, 5.74) is 2.94. The number of carbonyl (C=O) groups is 2. The maximum absolute atomic E-state index is 12.6. The van der Waals surface area contributed by atoms with Crippen LogP contribution in [0.25, 0.3) is 0 Å². The molecule has 0 amide bonds. The Morgan fingerprint density at radius 3 is 2.61 bits per heavy atom. The number of rotatable bonds is 1. The molecule has 1 fully saturated rings. The third kappa shape index (κ3) is 1.60. The zero-order chi connectivity index (χ0) is 16.6. The molecule has 0 N–H and O–H groups in total. The van der Waals surface area contributed by atoms with E-state index in [0.29, 0.717) is 0 Å². The lowest BCUT2D eigenvalue weighted by Crippen LogP contribution is -2.50. The summed E-state index contributed by atoms with van der Waals surface area (Å²) < 4.78 is 5.54. The Balaban J connectivity index is 2.07. The first kappa shape index (κ1) is 14.7. The number of hydrogen-bond acceptors (Lipinski definition) is 3. The maximum atomic E-state index is 12.6. The predicted molar refractivity (Wildman–Crippen MR) is 87.2 cm³/mol. The first-order valence-corrected chi connectivity index (χ1v) is 8.38. The van der Waals surface area contributed by atoms with Gasteiger partial charge in [0.1, 0.15) is 0 Å². The highest BCUT2D eigenvalue weighted by Gasteiger charge is 2.64. The Labute approximate surface area is 136 Å². The summed E-state index contributed by atoms with van der Waals surface area (Å²) in [6.07, 6.45) is 3.88. The molecule has 4 bridgehead atoms. The summed E-state index contributed by atoms with van der Waals surface area (Å²) in [5.74, 6) is -0.754. The minimum atomic E-state index is -0.660. The first-order chi connectivity index (χ1) is 10.8. The van der Waals surface area contributed by atoms with E-state index >= 15 is 0 Å². The van der Waals surface area contributed by atoms with Gasteiger partial charge in [0.25, 0.3) is 0 Å². The third-order valence-corrected chi connectivity index (χ3v) is 6.61. The topological polar surface area (TPSA) is 43.4 Å². The number of fused-ring (bicyclic) bond motifs is 1. The second-order valence-electron chi connectivity index (χ2n) is 7.78. The van der Waals surface area contributed by atoms with Crippen molar-refractivity contribution in [3.63, 3.8) is 0 Å². The number of carbonyl (C=O) groups excluding carboxylic acids is 2. The van der Waals surface area contributed by atoms with Crippen molar-refractivity contribution in [2.45, 2.75) is 51.6 Å². The monoisotopic (exact) mass is 310 g/mol. The zero-order valence-electron chi connectivity index (χ0n) is 14.1. The molecule has 3 nitrogen and oxygen atoms in total. The highest BCUT2D eigenvalue weighted by Crippen LogP contribution is 2.62. The van der Waals surface area contributed by atoms with E-state index in [4.69, 9.17) is 4.74 Å². The van der Waals surface area contributed by atoms with Crippen molar-refractivity contribution in [2.24, 2.45) is 11.3 Å². The Hall–Kier alpha value is -1.90. The van der Waals surface area contributed by atoms with Crippen LogP contribution in [-0.2, 0) is 26.2 Å². The van der Waals surface area contributed by atoms with Crippen molar-refractivity contribution in [1.82, 2.24) is 0 Å². The predicted octanol–water partition coefficient (Wildman–Crippen LogP) is 3.31. The van der Waals surface area contributed by atoms with Gasteiger partial charge in [0.05, 0.1) is 5.92 Å². The van der Waals surface area contributed by atoms with Gasteiger partial charge in [-0.05, 0) is 34.6 Å². The minimum Gasteiger partial charge on any atom is -0.453 e. The summed E-state index contributed by atoms with van der Waals surface area (Å²) in [4.78, 5) is 25.1. The van der Waals surface area contributed by atoms with Gasteiger partial charge in [-0.25, -0.2) is 0 Å². The van der Waals surface area contributed by atoms with Gasteiger partial charge in [-0.15, -0.1) is 0 Å². The van der Waals surface area contributed by atoms with Crippen LogP contribution in [0.3, 0.4) is 0 Å². The molecule has 4 rings (SSSR count). The molecule has 0 saturated carbocycles. The van der Waals surface area contributed by atoms with Crippen molar-refractivity contribution >= 4 is 11.8 Å². The number of ether oxygens (including phenoxy) is 1. The van der Waals surface area contributed by atoms with Gasteiger partial charge in [0.15, 0.2) is 11.9 Å². The van der Waals surface area contributed by atoms with Crippen LogP contribution < -0.4 is 0 Å². The molecule has 23 heavy (non-hydrogen) atoms. The van der Waals surface area contributed by atoms with Crippen LogP contribution in [-0.4, -0.2) is 17.9 Å². The fourth-order valence-electron chi connectivity index (χ4n) is 4.81. The molecule has 0 spiro atoms. The molecule has 1 aliphatic heterocycles. The molecule has 1 saturated heterocycles. The van der Waals surface area contributed by atoms with Gasteiger partial charge < -0.3 is 4.74 Å². The SMILES string of the molecule is CCc1ccc2c(c1)[C@H]1[C@@H]3OC(=O)[C@H]1C(C)(C=CC3=O)C2(C)C. The quantitative estimate of drug-likeness (QED) is 0.747. The largest absolute Gasteiger partial charge is 0.453 e. The molecular formula is C20H22O3. The Kier molecular flexibility index (Phi) is 2.77. The minimum absolute atomic E-state index is 0.0832. The standard InChI is InChI=1S/C20H22O3/c1-5-11-6-7-13-12(10-11)15-16-18(22)23-17(15)14(21)8-9-20(16,4)19(13,2)3/h6-10,15-17H,5H2,1-4H3/t15-,16+,17-,20?/m1/s1. The molecule has 2 aliphatic carbocycles. The lowest BCUT2D eigenvalue weighted by Gasteiger charge is -2.51. The highest BCUT2D eigenvalue weighted by molar-refractivity contribution is 6.00. The van der Waals surface area contributed by atoms with Crippen LogP contribution >= 0.6 is 0 Å². The van der Waals surface area contributed by atoms with Crippen LogP contribution in [0.5, 0.6) is 0 Å². The van der Waals surface area contributed by atoms with E-state index in [1.807, 2.05) is 6.08 Å². The average molecular weight is 310 g/mol. The Morgan fingerprint density at radius 1 is 1.17 bits per heavy atom. The van der Waals surface area contributed by atoms with E-state index in [9.17, 15) is 9.59 Å². The van der Waals surface area contributed by atoms with E-state index in [-0.39, 0.29) is 29.0 Å². The van der Waals surface area contributed by atoms with Crippen LogP contribution in [0.4, 0.5) is 0 Å². The summed E-state index contributed by atoms with van der Waals surface area (Å²) in [6.45, 7) is 8.57. The summed E-state index contributed by atoms with van der Waals surface area (Å²) >= 11 is 0. The van der Waals surface area contributed by atoms with Crippen LogP contribution in [0.1, 0.15) is 50.3 Å². The summed E-state index contributed by atoms with van der Waals surface area (Å²) in [5, 5.41) is 0.